The molecule has 1 aliphatic rings. The standard InChI is InChI=1S/C17H20N4OS2/c1-11-8-14(13(3)21(11)16-9-12(2)22-19-16)15-10-24-17(18-15)20-4-6-23-7-5-20/h8-10H,4-7H2,1-3H3. The molecule has 0 aromatic carbocycles. The minimum absolute atomic E-state index is 0.818. The van der Waals surface area contributed by atoms with Gasteiger partial charge in [0.1, 0.15) is 5.76 Å². The van der Waals surface area contributed by atoms with E-state index in [0.29, 0.717) is 0 Å². The highest BCUT2D eigenvalue weighted by atomic mass is 32.2. The molecule has 126 valence electrons. The van der Waals surface area contributed by atoms with Crippen LogP contribution in [0.4, 0.5) is 5.13 Å². The average Bonchev–Trinajstić information content (AvgIpc) is 3.28. The molecule has 3 aromatic rings. The van der Waals surface area contributed by atoms with Gasteiger partial charge in [-0.3, -0.25) is 4.57 Å². The normalized spacial score (nSPS) is 15.2. The molecule has 5 nitrogen and oxygen atoms in total. The Hall–Kier alpha value is -1.73. The summed E-state index contributed by atoms with van der Waals surface area (Å²) in [4.78, 5) is 7.29. The second-order valence-corrected chi connectivity index (χ2v) is 8.09. The predicted octanol–water partition coefficient (Wildman–Crippen LogP) is 4.07. The minimum atomic E-state index is 0.818. The van der Waals surface area contributed by atoms with Gasteiger partial charge in [-0.2, -0.15) is 11.8 Å². The lowest BCUT2D eigenvalue weighted by Gasteiger charge is -2.25. The van der Waals surface area contributed by atoms with E-state index in [1.54, 1.807) is 11.3 Å². The summed E-state index contributed by atoms with van der Waals surface area (Å²) < 4.78 is 7.36. The fourth-order valence-electron chi connectivity index (χ4n) is 3.12. The summed E-state index contributed by atoms with van der Waals surface area (Å²) in [7, 11) is 0. The lowest BCUT2D eigenvalue weighted by Crippen LogP contribution is -2.32. The first-order chi connectivity index (χ1) is 11.6. The van der Waals surface area contributed by atoms with Crippen molar-refractivity contribution in [3.05, 3.63) is 34.7 Å². The molecule has 0 N–H and O–H groups in total. The van der Waals surface area contributed by atoms with Gasteiger partial charge in [0.05, 0.1) is 5.69 Å². The van der Waals surface area contributed by atoms with Gasteiger partial charge in [-0.1, -0.05) is 5.16 Å². The van der Waals surface area contributed by atoms with Crippen molar-refractivity contribution in [2.24, 2.45) is 0 Å². The first-order valence-electron chi connectivity index (χ1n) is 8.04. The Morgan fingerprint density at radius 1 is 1.12 bits per heavy atom. The number of thioether (sulfide) groups is 1. The van der Waals surface area contributed by atoms with Crippen molar-refractivity contribution in [2.45, 2.75) is 20.8 Å². The number of thiazole rings is 1. The van der Waals surface area contributed by atoms with Crippen LogP contribution >= 0.6 is 23.1 Å². The summed E-state index contributed by atoms with van der Waals surface area (Å²) >= 11 is 3.76. The Bertz CT molecular complexity index is 858. The van der Waals surface area contributed by atoms with Gasteiger partial charge in [-0.15, -0.1) is 11.3 Å². The Labute approximate surface area is 149 Å². The molecule has 4 rings (SSSR count). The molecular formula is C17H20N4OS2. The zero-order valence-electron chi connectivity index (χ0n) is 14.1. The number of hydrogen-bond acceptors (Lipinski definition) is 6. The van der Waals surface area contributed by atoms with Gasteiger partial charge in [0.2, 0.25) is 0 Å². The Kier molecular flexibility index (Phi) is 4.14. The van der Waals surface area contributed by atoms with Crippen molar-refractivity contribution >= 4 is 28.2 Å². The highest BCUT2D eigenvalue weighted by molar-refractivity contribution is 7.99. The van der Waals surface area contributed by atoms with Crippen molar-refractivity contribution in [1.82, 2.24) is 14.7 Å². The van der Waals surface area contributed by atoms with Gasteiger partial charge in [0.25, 0.3) is 0 Å². The molecule has 7 heteroatoms. The molecule has 3 aromatic heterocycles. The van der Waals surface area contributed by atoms with Gasteiger partial charge >= 0.3 is 0 Å². The van der Waals surface area contributed by atoms with E-state index in [1.165, 1.54) is 17.1 Å². The molecule has 1 fully saturated rings. The van der Waals surface area contributed by atoms with Crippen LogP contribution in [0.25, 0.3) is 17.1 Å². The first kappa shape index (κ1) is 15.8. The number of anilines is 1. The van der Waals surface area contributed by atoms with E-state index >= 15 is 0 Å². The van der Waals surface area contributed by atoms with Gasteiger partial charge < -0.3 is 9.42 Å². The van der Waals surface area contributed by atoms with Crippen molar-refractivity contribution in [2.75, 3.05) is 29.5 Å². The number of nitrogens with zero attached hydrogens (tertiary/aromatic N) is 4. The van der Waals surface area contributed by atoms with Gasteiger partial charge in [-0.25, -0.2) is 4.98 Å². The van der Waals surface area contributed by atoms with Crippen molar-refractivity contribution < 1.29 is 4.52 Å². The zero-order valence-corrected chi connectivity index (χ0v) is 15.7. The molecule has 0 spiro atoms. The number of rotatable bonds is 3. The summed E-state index contributed by atoms with van der Waals surface area (Å²) in [6, 6.07) is 4.14. The van der Waals surface area contributed by atoms with Crippen molar-refractivity contribution in [3.8, 4) is 17.1 Å². The van der Waals surface area contributed by atoms with Crippen LogP contribution in [0.15, 0.2) is 22.0 Å². The van der Waals surface area contributed by atoms with E-state index in [9.17, 15) is 0 Å². The van der Waals surface area contributed by atoms with Crippen LogP contribution in [0.2, 0.25) is 0 Å². The molecule has 0 unspecified atom stereocenters. The zero-order chi connectivity index (χ0) is 16.7. The van der Waals surface area contributed by atoms with Gasteiger partial charge in [0, 0.05) is 53.0 Å². The number of aromatic nitrogens is 3. The van der Waals surface area contributed by atoms with E-state index in [1.807, 2.05) is 24.8 Å². The molecule has 1 aliphatic heterocycles. The van der Waals surface area contributed by atoms with E-state index in [4.69, 9.17) is 9.51 Å². The first-order valence-corrected chi connectivity index (χ1v) is 10.1. The SMILES string of the molecule is Cc1cc(-n2c(C)cc(-c3csc(N4CCSCC4)n3)c2C)no1. The molecule has 4 heterocycles. The van der Waals surface area contributed by atoms with Gasteiger partial charge in [-0.05, 0) is 26.8 Å². The quantitative estimate of drug-likeness (QED) is 0.705. The van der Waals surface area contributed by atoms with Crippen LogP contribution in [0.1, 0.15) is 17.1 Å². The van der Waals surface area contributed by atoms with Crippen LogP contribution in [-0.4, -0.2) is 39.3 Å². The largest absolute Gasteiger partial charge is 0.360 e. The molecule has 1 saturated heterocycles. The van der Waals surface area contributed by atoms with E-state index < -0.39 is 0 Å². The molecule has 0 bridgehead atoms. The van der Waals surface area contributed by atoms with Crippen LogP contribution in [0.3, 0.4) is 0 Å². The summed E-state index contributed by atoms with van der Waals surface area (Å²) in [6.45, 7) is 8.30. The smallest absolute Gasteiger partial charge is 0.185 e. The fourth-order valence-corrected chi connectivity index (χ4v) is 4.90. The van der Waals surface area contributed by atoms with Crippen molar-refractivity contribution in [3.63, 3.8) is 0 Å². The second-order valence-electron chi connectivity index (χ2n) is 6.03. The third-order valence-corrected chi connectivity index (χ3v) is 6.17. The number of hydrogen-bond donors (Lipinski definition) is 0. The predicted molar refractivity (Wildman–Crippen MR) is 101 cm³/mol. The maximum absolute atomic E-state index is 5.23. The molecule has 0 radical (unpaired) electrons. The summed E-state index contributed by atoms with van der Waals surface area (Å²) in [5, 5.41) is 7.45. The molecular weight excluding hydrogens is 340 g/mol. The van der Waals surface area contributed by atoms with E-state index in [0.717, 1.165) is 46.9 Å². The molecule has 0 atom stereocenters. The lowest BCUT2D eigenvalue weighted by molar-refractivity contribution is 0.394. The third kappa shape index (κ3) is 2.75. The van der Waals surface area contributed by atoms with Crippen LogP contribution in [-0.2, 0) is 0 Å². The Balaban J connectivity index is 1.69. The van der Waals surface area contributed by atoms with Gasteiger partial charge in [0.15, 0.2) is 10.9 Å². The average molecular weight is 361 g/mol. The maximum atomic E-state index is 5.23. The maximum Gasteiger partial charge on any atom is 0.185 e. The summed E-state index contributed by atoms with van der Waals surface area (Å²) in [5.74, 6) is 4.03. The minimum Gasteiger partial charge on any atom is -0.360 e. The lowest BCUT2D eigenvalue weighted by atomic mass is 10.2. The molecule has 0 amide bonds. The van der Waals surface area contributed by atoms with E-state index in [2.05, 4.69) is 39.9 Å². The van der Waals surface area contributed by atoms with Crippen LogP contribution in [0.5, 0.6) is 0 Å². The fraction of sp³-hybridized carbons (Fsp3) is 0.412. The van der Waals surface area contributed by atoms with Crippen LogP contribution in [0, 0.1) is 20.8 Å². The van der Waals surface area contributed by atoms with E-state index in [-0.39, 0.29) is 0 Å². The molecule has 0 saturated carbocycles. The second kappa shape index (κ2) is 6.29. The topological polar surface area (TPSA) is 47.1 Å². The highest BCUT2D eigenvalue weighted by Crippen LogP contribution is 2.33. The summed E-state index contributed by atoms with van der Waals surface area (Å²) in [6.07, 6.45) is 0. The Morgan fingerprint density at radius 2 is 1.92 bits per heavy atom. The monoisotopic (exact) mass is 360 g/mol. The number of aryl methyl sites for hydroxylation is 2. The molecule has 24 heavy (non-hydrogen) atoms. The third-order valence-electron chi connectivity index (χ3n) is 4.33. The summed E-state index contributed by atoms with van der Waals surface area (Å²) in [5.41, 5.74) is 4.50. The molecule has 0 aliphatic carbocycles. The highest BCUT2D eigenvalue weighted by Gasteiger charge is 2.19. The van der Waals surface area contributed by atoms with Crippen LogP contribution < -0.4 is 4.90 Å². The Morgan fingerprint density at radius 3 is 2.62 bits per heavy atom. The van der Waals surface area contributed by atoms with Crippen molar-refractivity contribution in [1.29, 1.82) is 0 Å².